The van der Waals surface area contributed by atoms with Gasteiger partial charge < -0.3 is 28.9 Å². The molecule has 0 saturated carbocycles. The van der Waals surface area contributed by atoms with Crippen molar-refractivity contribution in [3.8, 4) is 44.5 Å². The standard InChI is InChI=1S/C52H38N4O8.Ni/c1-61-49(57)33-13-5-29(6-14-33)45-37-21-23-39(53-37)46(30-7-15-34(16-8-30)50(58)62-2)41-25-27-43(55-41)48(32-11-19-36(20-12-32)52(60)64-4)44-28-26-42(56-44)47(40-24-22-38(45)54-40)31-9-17-35(18-10-31)51(59)63-3;/h5-28,53,56H,1-4H3;. The molecule has 8 bridgehead atoms. The van der Waals surface area contributed by atoms with Gasteiger partial charge in [-0.25, -0.2) is 29.1 Å². The second-order valence-corrected chi connectivity index (χ2v) is 14.8. The molecular formula is C52H38N4NiO8. The van der Waals surface area contributed by atoms with Crippen LogP contribution in [-0.2, 0) is 35.4 Å². The SMILES string of the molecule is COC(=O)c1ccc(-c2c3nc(c(-c4ccc(C(=O)OC)cc4)c4ccc([nH]4)c(-c4ccc(C(=O)OC)cc4)c4nc(c(-c5ccc(C(=O)OC)cc5)c5ccc2[nH]5)C=C4)C=C3)cc1.[Ni]. The molecule has 324 valence electrons. The summed E-state index contributed by atoms with van der Waals surface area (Å²) >= 11 is 0. The third kappa shape index (κ3) is 8.28. The number of ether oxygens (including phenoxy) is 4. The van der Waals surface area contributed by atoms with Crippen molar-refractivity contribution in [1.82, 2.24) is 19.9 Å². The van der Waals surface area contributed by atoms with Gasteiger partial charge in [0.05, 0.1) is 73.5 Å². The molecule has 65 heavy (non-hydrogen) atoms. The van der Waals surface area contributed by atoms with Crippen molar-refractivity contribution < 1.29 is 54.6 Å². The zero-order valence-electron chi connectivity index (χ0n) is 35.3. The number of nitrogens with one attached hydrogen (secondary N) is 2. The first kappa shape index (κ1) is 43.5. The number of benzene rings is 4. The molecule has 3 aromatic heterocycles. The number of hydrogen-bond donors (Lipinski definition) is 2. The minimum atomic E-state index is -0.453. The molecule has 12 nitrogen and oxygen atoms in total. The summed E-state index contributed by atoms with van der Waals surface area (Å²) in [6.45, 7) is 0. The third-order valence-corrected chi connectivity index (χ3v) is 11.1. The van der Waals surface area contributed by atoms with Crippen LogP contribution in [-0.4, -0.2) is 72.3 Å². The largest absolute Gasteiger partial charge is 0.465 e. The Morgan fingerprint density at radius 3 is 0.723 bits per heavy atom. The minimum Gasteiger partial charge on any atom is -0.465 e. The number of methoxy groups -OCH3 is 4. The van der Waals surface area contributed by atoms with Crippen LogP contribution in [0.3, 0.4) is 0 Å². The van der Waals surface area contributed by atoms with Crippen molar-refractivity contribution in [3.05, 3.63) is 166 Å². The summed E-state index contributed by atoms with van der Waals surface area (Å²) < 4.78 is 19.9. The van der Waals surface area contributed by atoms with Gasteiger partial charge >= 0.3 is 23.9 Å². The van der Waals surface area contributed by atoms with E-state index in [0.29, 0.717) is 45.0 Å². The van der Waals surface area contributed by atoms with Gasteiger partial charge in [0.25, 0.3) is 0 Å². The van der Waals surface area contributed by atoms with Gasteiger partial charge in [0.1, 0.15) is 0 Å². The van der Waals surface area contributed by atoms with Crippen LogP contribution in [0.1, 0.15) is 64.2 Å². The average molecular weight is 906 g/mol. The number of nitrogens with zero attached hydrogens (tertiary/aromatic N) is 2. The Labute approximate surface area is 382 Å². The number of fused-ring (bicyclic) bond motifs is 8. The average Bonchev–Trinajstić information content (AvgIpc) is 4.20. The number of rotatable bonds is 8. The molecule has 0 saturated heterocycles. The molecule has 0 fully saturated rings. The number of esters is 4. The molecule has 0 aliphatic carbocycles. The zero-order valence-corrected chi connectivity index (χ0v) is 36.3. The fraction of sp³-hybridized carbons (Fsp3) is 0.0769. The van der Waals surface area contributed by atoms with Gasteiger partial charge in [-0.05, 0) is 119 Å². The molecule has 0 radical (unpaired) electrons. The fourth-order valence-electron chi connectivity index (χ4n) is 7.98. The summed E-state index contributed by atoms with van der Waals surface area (Å²) in [7, 11) is 5.38. The summed E-state index contributed by atoms with van der Waals surface area (Å²) in [5, 5.41) is 0. The van der Waals surface area contributed by atoms with E-state index in [4.69, 9.17) is 28.9 Å². The van der Waals surface area contributed by atoms with Crippen molar-refractivity contribution in [2.75, 3.05) is 28.4 Å². The van der Waals surface area contributed by atoms with Crippen LogP contribution < -0.4 is 0 Å². The van der Waals surface area contributed by atoms with E-state index in [-0.39, 0.29) is 16.5 Å². The van der Waals surface area contributed by atoms with Crippen LogP contribution in [0.2, 0.25) is 0 Å². The van der Waals surface area contributed by atoms with Crippen molar-refractivity contribution >= 4 is 70.2 Å². The van der Waals surface area contributed by atoms with Crippen LogP contribution >= 0.6 is 0 Å². The molecule has 0 unspecified atom stereocenters. The van der Waals surface area contributed by atoms with Gasteiger partial charge in [0, 0.05) is 60.8 Å². The number of H-pyrrole nitrogens is 2. The molecule has 0 amide bonds. The minimum absolute atomic E-state index is 0. The number of carbonyl (C=O) groups is 4. The van der Waals surface area contributed by atoms with E-state index in [1.54, 1.807) is 48.5 Å². The van der Waals surface area contributed by atoms with Crippen LogP contribution in [0.15, 0.2) is 121 Å². The Hall–Kier alpha value is -8.15. The topological polar surface area (TPSA) is 163 Å². The molecule has 7 aromatic rings. The van der Waals surface area contributed by atoms with E-state index in [0.717, 1.165) is 66.6 Å². The summed E-state index contributed by atoms with van der Waals surface area (Å²) in [5.74, 6) is -1.81. The first-order chi connectivity index (χ1) is 31.2. The smallest absolute Gasteiger partial charge is 0.337 e. The first-order valence-electron chi connectivity index (χ1n) is 20.1. The predicted molar refractivity (Wildman–Crippen MR) is 246 cm³/mol. The molecule has 0 spiro atoms. The van der Waals surface area contributed by atoms with Crippen LogP contribution in [0, 0.1) is 0 Å². The van der Waals surface area contributed by atoms with Gasteiger partial charge in [-0.1, -0.05) is 48.5 Å². The van der Waals surface area contributed by atoms with E-state index >= 15 is 0 Å². The molecule has 0 atom stereocenters. The second kappa shape index (κ2) is 18.3. The maximum absolute atomic E-state index is 12.5. The van der Waals surface area contributed by atoms with Crippen molar-refractivity contribution in [3.63, 3.8) is 0 Å². The number of aromatic amines is 2. The van der Waals surface area contributed by atoms with Gasteiger partial charge in [0.15, 0.2) is 0 Å². The normalized spacial score (nSPS) is 11.4. The molecule has 2 aliphatic heterocycles. The molecule has 5 heterocycles. The van der Waals surface area contributed by atoms with Crippen LogP contribution in [0.4, 0.5) is 0 Å². The van der Waals surface area contributed by atoms with Crippen LogP contribution in [0.5, 0.6) is 0 Å². The fourth-order valence-corrected chi connectivity index (χ4v) is 7.98. The monoisotopic (exact) mass is 904 g/mol. The summed E-state index contributed by atoms with van der Waals surface area (Å²) in [6, 6.07) is 36.5. The molecule has 9 rings (SSSR count). The molecule has 2 N–H and O–H groups in total. The van der Waals surface area contributed by atoms with E-state index < -0.39 is 23.9 Å². The second-order valence-electron chi connectivity index (χ2n) is 14.8. The molecule has 2 aliphatic rings. The number of aromatic nitrogens is 4. The Kier molecular flexibility index (Phi) is 12.2. The zero-order chi connectivity index (χ0) is 44.5. The first-order valence-corrected chi connectivity index (χ1v) is 20.1. The number of hydrogen-bond acceptors (Lipinski definition) is 10. The van der Waals surface area contributed by atoms with Gasteiger partial charge in [-0.3, -0.25) is 0 Å². The maximum atomic E-state index is 12.5. The van der Waals surface area contributed by atoms with Gasteiger partial charge in [-0.15, -0.1) is 0 Å². The Morgan fingerprint density at radius 1 is 0.338 bits per heavy atom. The van der Waals surface area contributed by atoms with Gasteiger partial charge in [0.2, 0.25) is 0 Å². The van der Waals surface area contributed by atoms with Gasteiger partial charge in [-0.2, -0.15) is 0 Å². The van der Waals surface area contributed by atoms with E-state index in [1.165, 1.54) is 28.4 Å². The maximum Gasteiger partial charge on any atom is 0.337 e. The summed E-state index contributed by atoms with van der Waals surface area (Å²) in [5.41, 5.74) is 13.3. The number of carbonyl (C=O) groups excluding carboxylic acids is 4. The Balaban J connectivity index is 0.00000576. The quantitative estimate of drug-likeness (QED) is 0.0852. The summed E-state index contributed by atoms with van der Waals surface area (Å²) in [6.07, 6.45) is 7.80. The van der Waals surface area contributed by atoms with Crippen LogP contribution in [0.25, 0.3) is 90.9 Å². The molecule has 4 aromatic carbocycles. The predicted octanol–water partition coefficient (Wildman–Crippen LogP) is 10.5. The van der Waals surface area contributed by atoms with E-state index in [2.05, 4.69) is 9.97 Å². The van der Waals surface area contributed by atoms with Crippen molar-refractivity contribution in [2.45, 2.75) is 0 Å². The Bertz CT molecular complexity index is 2830. The molecule has 13 heteroatoms. The van der Waals surface area contributed by atoms with Crippen molar-refractivity contribution in [1.29, 1.82) is 0 Å². The van der Waals surface area contributed by atoms with Crippen molar-refractivity contribution in [2.24, 2.45) is 0 Å². The molecular weight excluding hydrogens is 867 g/mol. The summed E-state index contributed by atoms with van der Waals surface area (Å²) in [4.78, 5) is 67.9. The Morgan fingerprint density at radius 2 is 0.538 bits per heavy atom. The van der Waals surface area contributed by atoms with E-state index in [1.807, 2.05) is 97.1 Å². The van der Waals surface area contributed by atoms with E-state index in [9.17, 15) is 19.2 Å². The third-order valence-electron chi connectivity index (χ3n) is 11.1.